The first-order chi connectivity index (χ1) is 10.9. The molecule has 2 heterocycles. The van der Waals surface area contributed by atoms with Crippen LogP contribution in [0.5, 0.6) is 5.75 Å². The predicted octanol–water partition coefficient (Wildman–Crippen LogP) is 4.41. The summed E-state index contributed by atoms with van der Waals surface area (Å²) in [5.74, 6) is 1.01. The topological polar surface area (TPSA) is 21.3 Å². The largest absolute Gasteiger partial charge is 0.490 e. The van der Waals surface area contributed by atoms with Crippen molar-refractivity contribution in [3.63, 3.8) is 0 Å². The van der Waals surface area contributed by atoms with Gasteiger partial charge < -0.3 is 10.1 Å². The summed E-state index contributed by atoms with van der Waals surface area (Å²) in [5, 5.41) is 3.73. The van der Waals surface area contributed by atoms with Crippen LogP contribution in [0.2, 0.25) is 0 Å². The van der Waals surface area contributed by atoms with E-state index in [0.717, 1.165) is 18.6 Å². The minimum atomic E-state index is 0.363. The molecule has 2 atom stereocenters. The van der Waals surface area contributed by atoms with Gasteiger partial charge in [0.05, 0.1) is 0 Å². The fourth-order valence-corrected chi connectivity index (χ4v) is 3.88. The van der Waals surface area contributed by atoms with Gasteiger partial charge in [-0.2, -0.15) is 0 Å². The van der Waals surface area contributed by atoms with E-state index in [4.69, 9.17) is 4.74 Å². The number of hydrogen-bond acceptors (Lipinski definition) is 2. The maximum Gasteiger partial charge on any atom is 0.120 e. The van der Waals surface area contributed by atoms with Gasteiger partial charge in [-0.25, -0.2) is 0 Å². The molecule has 2 saturated heterocycles. The second-order valence-corrected chi connectivity index (χ2v) is 6.60. The van der Waals surface area contributed by atoms with Crippen LogP contribution in [-0.2, 0) is 0 Å². The third kappa shape index (κ3) is 3.02. The molecule has 4 rings (SSSR count). The van der Waals surface area contributed by atoms with Crippen molar-refractivity contribution in [2.75, 3.05) is 0 Å². The standard InChI is InChI=1S/C20H23NO/c1-2-6-15(7-3-1)16-8-4-11-19(12-16)22-20-13-17-9-5-10-18(14-20)21-17/h1-4,6-8,11-12,17-18,20-21H,5,9-10,13-14H2. The van der Waals surface area contributed by atoms with Crippen molar-refractivity contribution in [3.05, 3.63) is 54.6 Å². The van der Waals surface area contributed by atoms with E-state index in [1.807, 2.05) is 0 Å². The molecule has 2 aromatic carbocycles. The molecule has 2 bridgehead atoms. The normalized spacial score (nSPS) is 27.4. The molecule has 2 unspecified atom stereocenters. The number of nitrogens with one attached hydrogen (secondary N) is 1. The molecule has 0 aliphatic carbocycles. The number of rotatable bonds is 3. The van der Waals surface area contributed by atoms with E-state index in [9.17, 15) is 0 Å². The lowest BCUT2D eigenvalue weighted by molar-refractivity contribution is 0.0928. The smallest absolute Gasteiger partial charge is 0.120 e. The molecular weight excluding hydrogens is 270 g/mol. The fraction of sp³-hybridized carbons (Fsp3) is 0.400. The monoisotopic (exact) mass is 293 g/mol. The Bertz CT molecular complexity index is 613. The molecule has 0 radical (unpaired) electrons. The van der Waals surface area contributed by atoms with Crippen LogP contribution in [0.15, 0.2) is 54.6 Å². The van der Waals surface area contributed by atoms with E-state index in [-0.39, 0.29) is 0 Å². The van der Waals surface area contributed by atoms with Gasteiger partial charge in [0, 0.05) is 12.1 Å². The third-order valence-corrected chi connectivity index (χ3v) is 4.92. The highest BCUT2D eigenvalue weighted by Gasteiger charge is 2.32. The number of fused-ring (bicyclic) bond motifs is 2. The van der Waals surface area contributed by atoms with Gasteiger partial charge in [0.1, 0.15) is 11.9 Å². The van der Waals surface area contributed by atoms with Gasteiger partial charge in [0.2, 0.25) is 0 Å². The Balaban J connectivity index is 1.49. The SMILES string of the molecule is c1ccc(-c2cccc(OC3CC4CCCC(C3)N4)c2)cc1. The van der Waals surface area contributed by atoms with Crippen molar-refractivity contribution in [2.45, 2.75) is 50.3 Å². The molecule has 2 aromatic rings. The molecule has 2 aliphatic rings. The van der Waals surface area contributed by atoms with E-state index in [1.165, 1.54) is 30.4 Å². The molecule has 2 fully saturated rings. The van der Waals surface area contributed by atoms with Crippen molar-refractivity contribution in [2.24, 2.45) is 0 Å². The highest BCUT2D eigenvalue weighted by molar-refractivity contribution is 5.64. The molecule has 0 amide bonds. The second kappa shape index (κ2) is 6.13. The summed E-state index contributed by atoms with van der Waals surface area (Å²) < 4.78 is 6.31. The van der Waals surface area contributed by atoms with Crippen LogP contribution in [0, 0.1) is 0 Å². The van der Waals surface area contributed by atoms with E-state index >= 15 is 0 Å². The molecule has 22 heavy (non-hydrogen) atoms. The molecule has 0 aromatic heterocycles. The first-order valence-electron chi connectivity index (χ1n) is 8.45. The zero-order chi connectivity index (χ0) is 14.8. The molecule has 2 heteroatoms. The Hall–Kier alpha value is -1.80. The minimum Gasteiger partial charge on any atom is -0.490 e. The number of hydrogen-bond donors (Lipinski definition) is 1. The van der Waals surface area contributed by atoms with Crippen LogP contribution in [0.3, 0.4) is 0 Å². The number of ether oxygens (including phenoxy) is 1. The quantitative estimate of drug-likeness (QED) is 0.905. The Labute approximate surface area is 132 Å². The van der Waals surface area contributed by atoms with E-state index in [0.29, 0.717) is 18.2 Å². The van der Waals surface area contributed by atoms with Gasteiger partial charge in [-0.3, -0.25) is 0 Å². The van der Waals surface area contributed by atoms with Crippen LogP contribution in [0.1, 0.15) is 32.1 Å². The van der Waals surface area contributed by atoms with Gasteiger partial charge in [0.15, 0.2) is 0 Å². The van der Waals surface area contributed by atoms with Gasteiger partial charge >= 0.3 is 0 Å². The number of benzene rings is 2. The maximum absolute atomic E-state index is 6.31. The zero-order valence-electron chi connectivity index (χ0n) is 12.9. The van der Waals surface area contributed by atoms with Crippen LogP contribution < -0.4 is 10.1 Å². The zero-order valence-corrected chi connectivity index (χ0v) is 12.9. The van der Waals surface area contributed by atoms with Gasteiger partial charge in [-0.1, -0.05) is 48.9 Å². The van der Waals surface area contributed by atoms with E-state index in [1.54, 1.807) is 0 Å². The van der Waals surface area contributed by atoms with Crippen LogP contribution >= 0.6 is 0 Å². The summed E-state index contributed by atoms with van der Waals surface area (Å²) in [7, 11) is 0. The van der Waals surface area contributed by atoms with Crippen molar-refractivity contribution < 1.29 is 4.74 Å². The average molecular weight is 293 g/mol. The van der Waals surface area contributed by atoms with Crippen molar-refractivity contribution >= 4 is 0 Å². The van der Waals surface area contributed by atoms with Crippen molar-refractivity contribution in [1.29, 1.82) is 0 Å². The Morgan fingerprint density at radius 1 is 0.818 bits per heavy atom. The minimum absolute atomic E-state index is 0.363. The molecule has 1 N–H and O–H groups in total. The second-order valence-electron chi connectivity index (χ2n) is 6.60. The van der Waals surface area contributed by atoms with E-state index in [2.05, 4.69) is 59.9 Å². The highest BCUT2D eigenvalue weighted by Crippen LogP contribution is 2.30. The van der Waals surface area contributed by atoms with Gasteiger partial charge in [0.25, 0.3) is 0 Å². The van der Waals surface area contributed by atoms with Gasteiger partial charge in [-0.15, -0.1) is 0 Å². The summed E-state index contributed by atoms with van der Waals surface area (Å²) in [6.45, 7) is 0. The maximum atomic E-state index is 6.31. The highest BCUT2D eigenvalue weighted by atomic mass is 16.5. The van der Waals surface area contributed by atoms with E-state index < -0.39 is 0 Å². The van der Waals surface area contributed by atoms with Gasteiger partial charge in [-0.05, 0) is 48.9 Å². The van der Waals surface area contributed by atoms with Crippen LogP contribution in [0.4, 0.5) is 0 Å². The molecular formula is C20H23NO. The third-order valence-electron chi connectivity index (χ3n) is 4.92. The summed E-state index contributed by atoms with van der Waals surface area (Å²) in [6.07, 6.45) is 6.64. The van der Waals surface area contributed by atoms with Crippen molar-refractivity contribution in [1.82, 2.24) is 5.32 Å². The first kappa shape index (κ1) is 13.8. The summed E-state index contributed by atoms with van der Waals surface area (Å²) >= 11 is 0. The average Bonchev–Trinajstić information content (AvgIpc) is 2.56. The molecule has 0 spiro atoms. The predicted molar refractivity (Wildman–Crippen MR) is 90.1 cm³/mol. The van der Waals surface area contributed by atoms with Crippen molar-refractivity contribution in [3.8, 4) is 16.9 Å². The summed E-state index contributed by atoms with van der Waals surface area (Å²) in [6, 6.07) is 20.3. The molecule has 2 nitrogen and oxygen atoms in total. The van der Waals surface area contributed by atoms with Crippen LogP contribution in [-0.4, -0.2) is 18.2 Å². The summed E-state index contributed by atoms with van der Waals surface area (Å²) in [4.78, 5) is 0. The number of piperidine rings is 2. The first-order valence-corrected chi connectivity index (χ1v) is 8.45. The lowest BCUT2D eigenvalue weighted by atomic mass is 9.85. The Kier molecular flexibility index (Phi) is 3.86. The lowest BCUT2D eigenvalue weighted by Gasteiger charge is -2.40. The fourth-order valence-electron chi connectivity index (χ4n) is 3.88. The molecule has 114 valence electrons. The molecule has 2 aliphatic heterocycles. The lowest BCUT2D eigenvalue weighted by Crippen LogP contribution is -2.51. The summed E-state index contributed by atoms with van der Waals surface area (Å²) in [5.41, 5.74) is 2.47. The molecule has 0 saturated carbocycles. The van der Waals surface area contributed by atoms with Crippen LogP contribution in [0.25, 0.3) is 11.1 Å². The Morgan fingerprint density at radius 2 is 1.55 bits per heavy atom. The Morgan fingerprint density at radius 3 is 2.32 bits per heavy atom.